The average molecular weight is 314 g/mol. The summed E-state index contributed by atoms with van der Waals surface area (Å²) in [6, 6.07) is 7.34. The number of pyridine rings is 1. The van der Waals surface area contributed by atoms with Crippen LogP contribution in [-0.4, -0.2) is 36.8 Å². The molecule has 6 heteroatoms. The molecule has 0 aliphatic carbocycles. The molecule has 3 rings (SSSR count). The second-order valence-electron chi connectivity index (χ2n) is 5.36. The number of nitrogens with zero attached hydrogens (tertiary/aromatic N) is 2. The SMILES string of the molecule is COc1cc2c(cc1OC)CN(c1ccc(C(=O)O)cn1)CC2. The van der Waals surface area contributed by atoms with Crippen molar-refractivity contribution in [2.24, 2.45) is 0 Å². The van der Waals surface area contributed by atoms with Gasteiger partial charge in [0, 0.05) is 19.3 Å². The molecule has 0 amide bonds. The molecule has 6 nitrogen and oxygen atoms in total. The second kappa shape index (κ2) is 6.16. The van der Waals surface area contributed by atoms with Gasteiger partial charge in [0.05, 0.1) is 19.8 Å². The Hall–Kier alpha value is -2.76. The molecule has 0 fully saturated rings. The highest BCUT2D eigenvalue weighted by molar-refractivity contribution is 5.87. The molecule has 1 N–H and O–H groups in total. The van der Waals surface area contributed by atoms with Crippen LogP contribution < -0.4 is 14.4 Å². The number of aromatic carboxylic acids is 1. The number of carbonyl (C=O) groups is 1. The molecule has 0 saturated heterocycles. The number of methoxy groups -OCH3 is 2. The fourth-order valence-electron chi connectivity index (χ4n) is 2.78. The molecule has 0 radical (unpaired) electrons. The molecule has 0 bridgehead atoms. The zero-order valence-electron chi connectivity index (χ0n) is 13.1. The number of rotatable bonds is 4. The number of aromatic nitrogens is 1. The summed E-state index contributed by atoms with van der Waals surface area (Å²) in [4.78, 5) is 17.3. The predicted molar refractivity (Wildman–Crippen MR) is 85.5 cm³/mol. The lowest BCUT2D eigenvalue weighted by Crippen LogP contribution is -2.31. The predicted octanol–water partition coefficient (Wildman–Crippen LogP) is 2.36. The Kier molecular flexibility index (Phi) is 4.06. The van der Waals surface area contributed by atoms with Gasteiger partial charge in [0.25, 0.3) is 0 Å². The molecule has 120 valence electrons. The van der Waals surface area contributed by atoms with Crippen LogP contribution in [0.5, 0.6) is 11.5 Å². The van der Waals surface area contributed by atoms with Gasteiger partial charge in [-0.1, -0.05) is 0 Å². The lowest BCUT2D eigenvalue weighted by atomic mass is 9.98. The summed E-state index contributed by atoms with van der Waals surface area (Å²) in [6.45, 7) is 1.52. The van der Waals surface area contributed by atoms with E-state index in [0.29, 0.717) is 12.3 Å². The van der Waals surface area contributed by atoms with E-state index in [2.05, 4.69) is 9.88 Å². The number of carboxylic acid groups (broad SMARTS) is 1. The molecule has 0 spiro atoms. The van der Waals surface area contributed by atoms with E-state index in [1.807, 2.05) is 12.1 Å². The Morgan fingerprint density at radius 2 is 1.87 bits per heavy atom. The highest BCUT2D eigenvalue weighted by Crippen LogP contribution is 2.34. The third-order valence-corrected chi connectivity index (χ3v) is 4.04. The van der Waals surface area contributed by atoms with Crippen LogP contribution in [-0.2, 0) is 13.0 Å². The number of benzene rings is 1. The minimum absolute atomic E-state index is 0.192. The Bertz CT molecular complexity index is 728. The Balaban J connectivity index is 1.86. The van der Waals surface area contributed by atoms with E-state index in [-0.39, 0.29) is 5.56 Å². The van der Waals surface area contributed by atoms with Gasteiger partial charge < -0.3 is 19.5 Å². The lowest BCUT2D eigenvalue weighted by Gasteiger charge is -2.30. The van der Waals surface area contributed by atoms with Gasteiger partial charge in [-0.3, -0.25) is 0 Å². The first-order chi connectivity index (χ1) is 11.1. The van der Waals surface area contributed by atoms with Gasteiger partial charge in [0.15, 0.2) is 11.5 Å². The van der Waals surface area contributed by atoms with Crippen molar-refractivity contribution >= 4 is 11.8 Å². The minimum atomic E-state index is -0.968. The van der Waals surface area contributed by atoms with Gasteiger partial charge in [-0.15, -0.1) is 0 Å². The van der Waals surface area contributed by atoms with Crippen molar-refractivity contribution in [3.05, 3.63) is 47.2 Å². The smallest absolute Gasteiger partial charge is 0.337 e. The number of ether oxygens (including phenoxy) is 2. The molecule has 0 unspecified atom stereocenters. The van der Waals surface area contributed by atoms with E-state index in [4.69, 9.17) is 14.6 Å². The summed E-state index contributed by atoms with van der Waals surface area (Å²) in [7, 11) is 3.25. The maximum Gasteiger partial charge on any atom is 0.337 e. The Morgan fingerprint density at radius 3 is 2.43 bits per heavy atom. The highest BCUT2D eigenvalue weighted by Gasteiger charge is 2.20. The number of hydrogen-bond acceptors (Lipinski definition) is 5. The normalized spacial score (nSPS) is 13.4. The third kappa shape index (κ3) is 2.92. The molecular weight excluding hydrogens is 296 g/mol. The summed E-state index contributed by atoms with van der Waals surface area (Å²) in [5, 5.41) is 8.94. The van der Waals surface area contributed by atoms with E-state index in [1.165, 1.54) is 11.8 Å². The monoisotopic (exact) mass is 314 g/mol. The molecule has 1 aliphatic rings. The minimum Gasteiger partial charge on any atom is -0.493 e. The van der Waals surface area contributed by atoms with Crippen LogP contribution in [0.15, 0.2) is 30.5 Å². The molecule has 2 heterocycles. The fourth-order valence-corrected chi connectivity index (χ4v) is 2.78. The van der Waals surface area contributed by atoms with Gasteiger partial charge in [0.2, 0.25) is 0 Å². The zero-order chi connectivity index (χ0) is 16.4. The summed E-state index contributed by atoms with van der Waals surface area (Å²) < 4.78 is 10.7. The van der Waals surface area contributed by atoms with Gasteiger partial charge in [-0.2, -0.15) is 0 Å². The standard InChI is InChI=1S/C17H18N2O4/c1-22-14-7-11-5-6-19(10-13(11)8-15(14)23-2)16-4-3-12(9-18-16)17(20)21/h3-4,7-9H,5-6,10H2,1-2H3,(H,20,21). The van der Waals surface area contributed by atoms with Crippen molar-refractivity contribution in [2.75, 3.05) is 25.7 Å². The first kappa shape index (κ1) is 15.1. The van der Waals surface area contributed by atoms with E-state index in [0.717, 1.165) is 30.1 Å². The number of carboxylic acids is 1. The van der Waals surface area contributed by atoms with E-state index < -0.39 is 5.97 Å². The van der Waals surface area contributed by atoms with Crippen molar-refractivity contribution in [3.63, 3.8) is 0 Å². The summed E-state index contributed by atoms with van der Waals surface area (Å²) in [6.07, 6.45) is 2.26. The molecule has 0 atom stereocenters. The molecule has 2 aromatic rings. The molecule has 1 aromatic heterocycles. The quantitative estimate of drug-likeness (QED) is 0.934. The van der Waals surface area contributed by atoms with Gasteiger partial charge >= 0.3 is 5.97 Å². The molecule has 1 aromatic carbocycles. The Morgan fingerprint density at radius 1 is 1.17 bits per heavy atom. The second-order valence-corrected chi connectivity index (χ2v) is 5.36. The molecule has 23 heavy (non-hydrogen) atoms. The van der Waals surface area contributed by atoms with Crippen LogP contribution in [0.1, 0.15) is 21.5 Å². The van der Waals surface area contributed by atoms with Crippen LogP contribution in [0.4, 0.5) is 5.82 Å². The van der Waals surface area contributed by atoms with Crippen molar-refractivity contribution in [2.45, 2.75) is 13.0 Å². The van der Waals surface area contributed by atoms with Crippen LogP contribution in [0.25, 0.3) is 0 Å². The van der Waals surface area contributed by atoms with E-state index in [1.54, 1.807) is 26.4 Å². The fraction of sp³-hybridized carbons (Fsp3) is 0.294. The van der Waals surface area contributed by atoms with Crippen molar-refractivity contribution in [1.82, 2.24) is 4.98 Å². The first-order valence-electron chi connectivity index (χ1n) is 7.30. The maximum absolute atomic E-state index is 10.9. The largest absolute Gasteiger partial charge is 0.493 e. The number of anilines is 1. The number of hydrogen-bond donors (Lipinski definition) is 1. The molecule has 1 aliphatic heterocycles. The summed E-state index contributed by atoms with van der Waals surface area (Å²) in [5.41, 5.74) is 2.59. The molecule has 0 saturated carbocycles. The van der Waals surface area contributed by atoms with Crippen molar-refractivity contribution in [1.29, 1.82) is 0 Å². The summed E-state index contributed by atoms with van der Waals surface area (Å²) in [5.74, 6) is 1.26. The van der Waals surface area contributed by atoms with E-state index >= 15 is 0 Å². The van der Waals surface area contributed by atoms with Crippen molar-refractivity contribution < 1.29 is 19.4 Å². The van der Waals surface area contributed by atoms with Crippen LogP contribution in [0.2, 0.25) is 0 Å². The first-order valence-corrected chi connectivity index (χ1v) is 7.30. The summed E-state index contributed by atoms with van der Waals surface area (Å²) >= 11 is 0. The van der Waals surface area contributed by atoms with E-state index in [9.17, 15) is 4.79 Å². The zero-order valence-corrected chi connectivity index (χ0v) is 13.1. The van der Waals surface area contributed by atoms with Gasteiger partial charge in [-0.05, 0) is 41.8 Å². The maximum atomic E-state index is 10.9. The lowest BCUT2D eigenvalue weighted by molar-refractivity contribution is 0.0696. The number of fused-ring (bicyclic) bond motifs is 1. The van der Waals surface area contributed by atoms with Crippen molar-refractivity contribution in [3.8, 4) is 11.5 Å². The van der Waals surface area contributed by atoms with Gasteiger partial charge in [-0.25, -0.2) is 9.78 Å². The molecular formula is C17H18N2O4. The Labute approximate surface area is 134 Å². The van der Waals surface area contributed by atoms with Crippen LogP contribution >= 0.6 is 0 Å². The topological polar surface area (TPSA) is 71.9 Å². The van der Waals surface area contributed by atoms with Crippen LogP contribution in [0, 0.1) is 0 Å². The average Bonchev–Trinajstić information content (AvgIpc) is 2.60. The van der Waals surface area contributed by atoms with Crippen LogP contribution in [0.3, 0.4) is 0 Å². The van der Waals surface area contributed by atoms with Gasteiger partial charge in [0.1, 0.15) is 5.82 Å². The highest BCUT2D eigenvalue weighted by atomic mass is 16.5. The third-order valence-electron chi connectivity index (χ3n) is 4.04.